The van der Waals surface area contributed by atoms with Crippen molar-refractivity contribution < 1.29 is 9.53 Å². The molecule has 0 spiro atoms. The predicted octanol–water partition coefficient (Wildman–Crippen LogP) is 0.00170. The van der Waals surface area contributed by atoms with Gasteiger partial charge in [0.2, 0.25) is 5.91 Å². The van der Waals surface area contributed by atoms with E-state index in [0.29, 0.717) is 13.2 Å². The molecule has 0 aliphatic carbocycles. The first-order valence-corrected chi connectivity index (χ1v) is 5.66. The zero-order valence-electron chi connectivity index (χ0n) is 8.26. The lowest BCUT2D eigenvalue weighted by atomic mass is 10.2. The summed E-state index contributed by atoms with van der Waals surface area (Å²) in [6.07, 6.45) is 1.70. The summed E-state index contributed by atoms with van der Waals surface area (Å²) < 4.78 is 5.24. The van der Waals surface area contributed by atoms with Gasteiger partial charge >= 0.3 is 0 Å². The first-order chi connectivity index (χ1) is 7.29. The third-order valence-electron chi connectivity index (χ3n) is 2.40. The Kier molecular flexibility index (Phi) is 3.30. The molecule has 1 aliphatic heterocycles. The fourth-order valence-corrected chi connectivity index (χ4v) is 2.46. The second-order valence-electron chi connectivity index (χ2n) is 3.36. The van der Waals surface area contributed by atoms with E-state index in [1.807, 2.05) is 4.90 Å². The normalized spacial score (nSPS) is 20.0. The van der Waals surface area contributed by atoms with Crippen LogP contribution in [0.4, 0.5) is 0 Å². The summed E-state index contributed by atoms with van der Waals surface area (Å²) in [5.41, 5.74) is 7.13. The lowest BCUT2D eigenvalue weighted by molar-refractivity contribution is -0.125. The molecule has 1 fully saturated rings. The maximum absolute atomic E-state index is 11.4. The molecule has 1 unspecified atom stereocenters. The number of amides is 1. The predicted molar refractivity (Wildman–Crippen MR) is 56.4 cm³/mol. The SMILES string of the molecule is NC(=O)C(c1cncs1)N1CCOCC1. The summed E-state index contributed by atoms with van der Waals surface area (Å²) in [6, 6.07) is -0.346. The molecule has 82 valence electrons. The second-order valence-corrected chi connectivity index (χ2v) is 4.27. The van der Waals surface area contributed by atoms with Crippen LogP contribution in [-0.2, 0) is 9.53 Å². The molecule has 1 aliphatic rings. The Bertz CT molecular complexity index is 322. The smallest absolute Gasteiger partial charge is 0.240 e. The lowest BCUT2D eigenvalue weighted by Crippen LogP contribution is -2.43. The van der Waals surface area contributed by atoms with E-state index in [4.69, 9.17) is 10.5 Å². The summed E-state index contributed by atoms with van der Waals surface area (Å²) in [6.45, 7) is 2.79. The number of hydrogen-bond donors (Lipinski definition) is 1. The van der Waals surface area contributed by atoms with E-state index in [1.54, 1.807) is 11.7 Å². The fourth-order valence-electron chi connectivity index (χ4n) is 1.70. The van der Waals surface area contributed by atoms with Gasteiger partial charge in [-0.3, -0.25) is 14.7 Å². The van der Waals surface area contributed by atoms with Crippen molar-refractivity contribution in [1.29, 1.82) is 0 Å². The van der Waals surface area contributed by atoms with Crippen molar-refractivity contribution in [2.24, 2.45) is 5.73 Å². The highest BCUT2D eigenvalue weighted by Gasteiger charge is 2.28. The van der Waals surface area contributed by atoms with Crippen molar-refractivity contribution in [1.82, 2.24) is 9.88 Å². The molecular weight excluding hydrogens is 214 g/mol. The number of morpholine rings is 1. The van der Waals surface area contributed by atoms with Crippen LogP contribution in [0.3, 0.4) is 0 Å². The minimum absolute atomic E-state index is 0.318. The summed E-state index contributed by atoms with van der Waals surface area (Å²) in [5.74, 6) is -0.318. The molecule has 2 heterocycles. The number of nitrogens with zero attached hydrogens (tertiary/aromatic N) is 2. The molecule has 0 bridgehead atoms. The van der Waals surface area contributed by atoms with Gasteiger partial charge in [0.25, 0.3) is 0 Å². The van der Waals surface area contributed by atoms with Crippen molar-refractivity contribution >= 4 is 17.2 Å². The lowest BCUT2D eigenvalue weighted by Gasteiger charge is -2.31. The highest BCUT2D eigenvalue weighted by atomic mass is 32.1. The number of carbonyl (C=O) groups is 1. The Morgan fingerprint density at radius 1 is 1.60 bits per heavy atom. The molecule has 6 heteroatoms. The molecule has 1 aromatic heterocycles. The van der Waals surface area contributed by atoms with E-state index in [-0.39, 0.29) is 11.9 Å². The van der Waals surface area contributed by atoms with Crippen molar-refractivity contribution in [3.05, 3.63) is 16.6 Å². The van der Waals surface area contributed by atoms with Gasteiger partial charge in [-0.2, -0.15) is 0 Å². The van der Waals surface area contributed by atoms with E-state index < -0.39 is 0 Å². The molecule has 0 radical (unpaired) electrons. The summed E-state index contributed by atoms with van der Waals surface area (Å²) in [5, 5.41) is 0. The first kappa shape index (κ1) is 10.5. The number of nitrogens with two attached hydrogens (primary N) is 1. The van der Waals surface area contributed by atoms with Gasteiger partial charge in [-0.25, -0.2) is 0 Å². The van der Waals surface area contributed by atoms with Crippen LogP contribution in [0.2, 0.25) is 0 Å². The minimum atomic E-state index is -0.346. The summed E-state index contributed by atoms with van der Waals surface area (Å²) >= 11 is 1.46. The Labute approximate surface area is 91.9 Å². The van der Waals surface area contributed by atoms with Gasteiger partial charge < -0.3 is 10.5 Å². The molecule has 1 amide bonds. The van der Waals surface area contributed by atoms with Crippen LogP contribution in [0.25, 0.3) is 0 Å². The molecule has 0 saturated carbocycles. The first-order valence-electron chi connectivity index (χ1n) is 4.78. The maximum Gasteiger partial charge on any atom is 0.240 e. The van der Waals surface area contributed by atoms with E-state index in [0.717, 1.165) is 18.0 Å². The molecular formula is C9H13N3O2S. The summed E-state index contributed by atoms with van der Waals surface area (Å²) in [4.78, 5) is 18.3. The van der Waals surface area contributed by atoms with E-state index in [1.165, 1.54) is 11.3 Å². The van der Waals surface area contributed by atoms with E-state index in [9.17, 15) is 4.79 Å². The maximum atomic E-state index is 11.4. The zero-order chi connectivity index (χ0) is 10.7. The van der Waals surface area contributed by atoms with Gasteiger partial charge in [0.1, 0.15) is 6.04 Å². The minimum Gasteiger partial charge on any atom is -0.379 e. The van der Waals surface area contributed by atoms with Crippen molar-refractivity contribution in [3.63, 3.8) is 0 Å². The van der Waals surface area contributed by atoms with Gasteiger partial charge in [-0.15, -0.1) is 11.3 Å². The molecule has 1 aromatic rings. The molecule has 2 N–H and O–H groups in total. The average molecular weight is 227 g/mol. The van der Waals surface area contributed by atoms with Crippen LogP contribution in [0.5, 0.6) is 0 Å². The largest absolute Gasteiger partial charge is 0.379 e. The van der Waals surface area contributed by atoms with Gasteiger partial charge in [-0.1, -0.05) is 0 Å². The van der Waals surface area contributed by atoms with Crippen LogP contribution in [0.15, 0.2) is 11.7 Å². The Morgan fingerprint density at radius 2 is 2.33 bits per heavy atom. The number of thiazole rings is 1. The standard InChI is InChI=1S/C9H13N3O2S/c10-9(13)8(7-5-11-6-15-7)12-1-3-14-4-2-12/h5-6,8H,1-4H2,(H2,10,13). The van der Waals surface area contributed by atoms with Gasteiger partial charge in [0.05, 0.1) is 23.6 Å². The van der Waals surface area contributed by atoms with Crippen LogP contribution in [0, 0.1) is 0 Å². The highest BCUT2D eigenvalue weighted by Crippen LogP contribution is 2.24. The average Bonchev–Trinajstić information content (AvgIpc) is 2.72. The van der Waals surface area contributed by atoms with Crippen molar-refractivity contribution in [2.75, 3.05) is 26.3 Å². The van der Waals surface area contributed by atoms with Crippen molar-refractivity contribution in [2.45, 2.75) is 6.04 Å². The molecule has 2 rings (SSSR count). The number of hydrogen-bond acceptors (Lipinski definition) is 5. The molecule has 5 nitrogen and oxygen atoms in total. The van der Waals surface area contributed by atoms with E-state index >= 15 is 0 Å². The van der Waals surface area contributed by atoms with Gasteiger partial charge in [-0.05, 0) is 0 Å². The molecule has 1 saturated heterocycles. The summed E-state index contributed by atoms with van der Waals surface area (Å²) in [7, 11) is 0. The Hall–Kier alpha value is -0.980. The molecule has 15 heavy (non-hydrogen) atoms. The monoisotopic (exact) mass is 227 g/mol. The second kappa shape index (κ2) is 4.69. The number of carbonyl (C=O) groups excluding carboxylic acids is 1. The fraction of sp³-hybridized carbons (Fsp3) is 0.556. The van der Waals surface area contributed by atoms with Crippen molar-refractivity contribution in [3.8, 4) is 0 Å². The quantitative estimate of drug-likeness (QED) is 0.789. The topological polar surface area (TPSA) is 68.5 Å². The van der Waals surface area contributed by atoms with Gasteiger partial charge in [0.15, 0.2) is 0 Å². The molecule has 0 aromatic carbocycles. The van der Waals surface area contributed by atoms with E-state index in [2.05, 4.69) is 4.98 Å². The van der Waals surface area contributed by atoms with Crippen LogP contribution in [-0.4, -0.2) is 42.1 Å². The highest BCUT2D eigenvalue weighted by molar-refractivity contribution is 7.09. The van der Waals surface area contributed by atoms with Gasteiger partial charge in [0, 0.05) is 19.3 Å². The Morgan fingerprint density at radius 3 is 2.87 bits per heavy atom. The number of primary amides is 1. The molecule has 1 atom stereocenters. The number of ether oxygens (including phenoxy) is 1. The zero-order valence-corrected chi connectivity index (χ0v) is 9.07. The third kappa shape index (κ3) is 2.34. The van der Waals surface area contributed by atoms with Crippen LogP contribution < -0.4 is 5.73 Å². The third-order valence-corrected chi connectivity index (χ3v) is 3.23. The number of aromatic nitrogens is 1. The van der Waals surface area contributed by atoms with Crippen LogP contribution >= 0.6 is 11.3 Å². The number of rotatable bonds is 3. The van der Waals surface area contributed by atoms with Crippen LogP contribution in [0.1, 0.15) is 10.9 Å². The Balaban J connectivity index is 2.15.